The highest BCUT2D eigenvalue weighted by molar-refractivity contribution is 5.94. The van der Waals surface area contributed by atoms with Crippen LogP contribution in [0.25, 0.3) is 0 Å². The van der Waals surface area contributed by atoms with Crippen LogP contribution in [0.3, 0.4) is 0 Å². The monoisotopic (exact) mass is 354 g/mol. The summed E-state index contributed by atoms with van der Waals surface area (Å²) in [4.78, 5) is 16.9. The Balaban J connectivity index is 1.55. The fourth-order valence-electron chi connectivity index (χ4n) is 3.72. The zero-order chi connectivity index (χ0) is 17.9. The Bertz CT molecular complexity index is 802. The van der Waals surface area contributed by atoms with E-state index in [-0.39, 0.29) is 11.5 Å². The summed E-state index contributed by atoms with van der Waals surface area (Å²) in [6, 6.07) is 12.4. The minimum atomic E-state index is -0.481. The predicted molar refractivity (Wildman–Crippen MR) is 97.6 cm³/mol. The lowest BCUT2D eigenvalue weighted by Gasteiger charge is -2.21. The molecule has 0 saturated carbocycles. The van der Waals surface area contributed by atoms with Crippen LogP contribution in [-0.4, -0.2) is 41.9 Å². The van der Waals surface area contributed by atoms with Crippen molar-refractivity contribution in [2.45, 2.75) is 25.9 Å². The van der Waals surface area contributed by atoms with E-state index in [1.54, 1.807) is 17.0 Å². The Hall–Kier alpha value is -2.40. The van der Waals surface area contributed by atoms with Crippen LogP contribution in [0.15, 0.2) is 42.5 Å². The van der Waals surface area contributed by atoms with Gasteiger partial charge in [0.05, 0.1) is 12.1 Å². The van der Waals surface area contributed by atoms with E-state index < -0.39 is 5.82 Å². The molecule has 5 heteroatoms. The van der Waals surface area contributed by atoms with Gasteiger partial charge in [-0.05, 0) is 55.8 Å². The lowest BCUT2D eigenvalue weighted by Crippen LogP contribution is -2.33. The third kappa shape index (κ3) is 3.58. The fraction of sp³-hybridized carbons (Fsp3) is 0.381. The first-order valence-electron chi connectivity index (χ1n) is 9.21. The number of benzene rings is 2. The van der Waals surface area contributed by atoms with Gasteiger partial charge >= 0.3 is 0 Å². The zero-order valence-electron chi connectivity index (χ0n) is 14.8. The molecule has 0 N–H and O–H groups in total. The van der Waals surface area contributed by atoms with Gasteiger partial charge in [0.15, 0.2) is 0 Å². The molecule has 2 aliphatic rings. The first-order valence-corrected chi connectivity index (χ1v) is 9.21. The highest BCUT2D eigenvalue weighted by atomic mass is 19.1. The molecule has 2 aromatic rings. The van der Waals surface area contributed by atoms with Gasteiger partial charge in [-0.1, -0.05) is 18.2 Å². The molecule has 0 radical (unpaired) electrons. The Morgan fingerprint density at radius 3 is 2.69 bits per heavy atom. The standard InChI is InChI=1S/C21H23FN2O2/c22-19-6-2-1-5-18(19)21(25)24-11-12-26-20-8-7-16(13-17(20)15-24)14-23-9-3-4-10-23/h1-2,5-8,13H,3-4,9-12,14-15H2. The van der Waals surface area contributed by atoms with E-state index in [2.05, 4.69) is 17.0 Å². The quantitative estimate of drug-likeness (QED) is 0.846. The van der Waals surface area contributed by atoms with E-state index in [0.717, 1.165) is 30.9 Å². The number of fused-ring (bicyclic) bond motifs is 1. The minimum Gasteiger partial charge on any atom is -0.491 e. The largest absolute Gasteiger partial charge is 0.491 e. The maximum Gasteiger partial charge on any atom is 0.257 e. The van der Waals surface area contributed by atoms with E-state index >= 15 is 0 Å². The van der Waals surface area contributed by atoms with Crippen LogP contribution in [-0.2, 0) is 13.1 Å². The number of ether oxygens (including phenoxy) is 1. The summed E-state index contributed by atoms with van der Waals surface area (Å²) in [5.74, 6) is 0.0502. The van der Waals surface area contributed by atoms with Gasteiger partial charge in [-0.2, -0.15) is 0 Å². The number of hydrogen-bond donors (Lipinski definition) is 0. The van der Waals surface area contributed by atoms with E-state index in [1.807, 2.05) is 6.07 Å². The Kier molecular flexibility index (Phi) is 4.89. The summed E-state index contributed by atoms with van der Waals surface area (Å²) in [5.41, 5.74) is 2.34. The molecular weight excluding hydrogens is 331 g/mol. The number of nitrogens with zero attached hydrogens (tertiary/aromatic N) is 2. The predicted octanol–water partition coefficient (Wildman–Crippen LogP) is 3.46. The third-order valence-corrected chi connectivity index (χ3v) is 5.10. The van der Waals surface area contributed by atoms with Gasteiger partial charge in [-0.3, -0.25) is 9.69 Å². The molecule has 4 rings (SSSR count). The third-order valence-electron chi connectivity index (χ3n) is 5.10. The smallest absolute Gasteiger partial charge is 0.257 e. The molecule has 0 atom stereocenters. The number of amides is 1. The Labute approximate surface area is 153 Å². The van der Waals surface area contributed by atoms with Crippen molar-refractivity contribution in [1.82, 2.24) is 9.80 Å². The van der Waals surface area contributed by atoms with Crippen LogP contribution in [0.2, 0.25) is 0 Å². The second kappa shape index (κ2) is 7.46. The van der Waals surface area contributed by atoms with E-state index in [4.69, 9.17) is 4.74 Å². The van der Waals surface area contributed by atoms with Crippen LogP contribution in [0.4, 0.5) is 4.39 Å². The molecule has 26 heavy (non-hydrogen) atoms. The minimum absolute atomic E-state index is 0.115. The summed E-state index contributed by atoms with van der Waals surface area (Å²) in [6.07, 6.45) is 2.53. The molecule has 0 spiro atoms. The molecular formula is C21H23FN2O2. The van der Waals surface area contributed by atoms with Gasteiger partial charge in [0.2, 0.25) is 0 Å². The van der Waals surface area contributed by atoms with Crippen molar-refractivity contribution >= 4 is 5.91 Å². The number of halogens is 1. The second-order valence-corrected chi connectivity index (χ2v) is 6.98. The number of likely N-dealkylation sites (tertiary alicyclic amines) is 1. The number of hydrogen-bond acceptors (Lipinski definition) is 3. The summed E-state index contributed by atoms with van der Waals surface area (Å²) in [6.45, 7) is 4.52. The maximum absolute atomic E-state index is 14.0. The van der Waals surface area contributed by atoms with Crippen molar-refractivity contribution in [3.8, 4) is 5.75 Å². The van der Waals surface area contributed by atoms with Gasteiger partial charge < -0.3 is 9.64 Å². The SMILES string of the molecule is O=C(c1ccccc1F)N1CCOc2ccc(CN3CCCC3)cc2C1. The second-order valence-electron chi connectivity index (χ2n) is 6.98. The Morgan fingerprint density at radius 2 is 1.88 bits per heavy atom. The van der Waals surface area contributed by atoms with Crippen molar-refractivity contribution in [3.63, 3.8) is 0 Å². The Morgan fingerprint density at radius 1 is 1.08 bits per heavy atom. The lowest BCUT2D eigenvalue weighted by atomic mass is 10.1. The van der Waals surface area contributed by atoms with E-state index in [1.165, 1.54) is 30.5 Å². The molecule has 136 valence electrons. The van der Waals surface area contributed by atoms with Crippen LogP contribution >= 0.6 is 0 Å². The molecule has 0 aliphatic carbocycles. The average Bonchev–Trinajstić information content (AvgIpc) is 3.06. The summed E-state index contributed by atoms with van der Waals surface area (Å²) in [5, 5.41) is 0. The fourth-order valence-corrected chi connectivity index (χ4v) is 3.72. The van der Waals surface area contributed by atoms with E-state index in [9.17, 15) is 9.18 Å². The van der Waals surface area contributed by atoms with Crippen molar-refractivity contribution in [2.75, 3.05) is 26.2 Å². The van der Waals surface area contributed by atoms with Gasteiger partial charge in [-0.15, -0.1) is 0 Å². The highest BCUT2D eigenvalue weighted by Crippen LogP contribution is 2.26. The summed E-state index contributed by atoms with van der Waals surface area (Å²) in [7, 11) is 0. The first-order chi connectivity index (χ1) is 12.7. The van der Waals surface area contributed by atoms with Crippen molar-refractivity contribution < 1.29 is 13.9 Å². The van der Waals surface area contributed by atoms with Gasteiger partial charge in [-0.25, -0.2) is 4.39 Å². The molecule has 4 nitrogen and oxygen atoms in total. The molecule has 1 saturated heterocycles. The first kappa shape index (κ1) is 17.0. The summed E-state index contributed by atoms with van der Waals surface area (Å²) < 4.78 is 19.8. The van der Waals surface area contributed by atoms with Crippen LogP contribution in [0.5, 0.6) is 5.75 Å². The maximum atomic E-state index is 14.0. The zero-order valence-corrected chi connectivity index (χ0v) is 14.8. The number of carbonyl (C=O) groups excluding carboxylic acids is 1. The van der Waals surface area contributed by atoms with E-state index in [0.29, 0.717) is 19.7 Å². The lowest BCUT2D eigenvalue weighted by molar-refractivity contribution is 0.0728. The van der Waals surface area contributed by atoms with Crippen LogP contribution in [0, 0.1) is 5.82 Å². The van der Waals surface area contributed by atoms with Gasteiger partial charge in [0, 0.05) is 18.7 Å². The molecule has 0 aromatic heterocycles. The average molecular weight is 354 g/mol. The van der Waals surface area contributed by atoms with Crippen LogP contribution < -0.4 is 4.74 Å². The van der Waals surface area contributed by atoms with Crippen LogP contribution in [0.1, 0.15) is 34.3 Å². The number of rotatable bonds is 3. The summed E-state index contributed by atoms with van der Waals surface area (Å²) >= 11 is 0. The van der Waals surface area contributed by atoms with Crippen molar-refractivity contribution in [2.24, 2.45) is 0 Å². The topological polar surface area (TPSA) is 32.8 Å². The molecule has 1 amide bonds. The van der Waals surface area contributed by atoms with Crippen molar-refractivity contribution in [1.29, 1.82) is 0 Å². The van der Waals surface area contributed by atoms with Gasteiger partial charge in [0.25, 0.3) is 5.91 Å². The number of carbonyl (C=O) groups is 1. The van der Waals surface area contributed by atoms with Gasteiger partial charge in [0.1, 0.15) is 18.2 Å². The molecule has 0 unspecified atom stereocenters. The highest BCUT2D eigenvalue weighted by Gasteiger charge is 2.23. The molecule has 0 bridgehead atoms. The normalized spacial score (nSPS) is 17.5. The molecule has 1 fully saturated rings. The van der Waals surface area contributed by atoms with Crippen molar-refractivity contribution in [3.05, 3.63) is 65.0 Å². The molecule has 2 aliphatic heterocycles. The molecule has 2 heterocycles. The molecule has 2 aromatic carbocycles.